The van der Waals surface area contributed by atoms with E-state index in [9.17, 15) is 4.79 Å². The first kappa shape index (κ1) is 17.3. The van der Waals surface area contributed by atoms with Crippen LogP contribution in [-0.2, 0) is 16.1 Å². The molecule has 1 amide bonds. The van der Waals surface area contributed by atoms with Crippen molar-refractivity contribution in [3.63, 3.8) is 0 Å². The van der Waals surface area contributed by atoms with Crippen molar-refractivity contribution in [2.75, 3.05) is 45.8 Å². The molecule has 24 heavy (non-hydrogen) atoms. The highest BCUT2D eigenvalue weighted by Crippen LogP contribution is 2.12. The Kier molecular flexibility index (Phi) is 5.81. The van der Waals surface area contributed by atoms with E-state index in [1.807, 2.05) is 31.1 Å². The van der Waals surface area contributed by atoms with Crippen LogP contribution in [0, 0.1) is 0 Å². The van der Waals surface area contributed by atoms with E-state index < -0.39 is 0 Å². The number of ether oxygens (including phenoxy) is 1. The molecule has 3 heterocycles. The molecule has 3 rings (SSSR count). The Balaban J connectivity index is 1.42. The fraction of sp³-hybridized carbons (Fsp3) is 0.667. The van der Waals surface area contributed by atoms with Gasteiger partial charge in [0.05, 0.1) is 18.8 Å². The number of hydrogen-bond donors (Lipinski definition) is 0. The van der Waals surface area contributed by atoms with Crippen molar-refractivity contribution in [3.05, 3.63) is 30.1 Å². The normalized spacial score (nSPS) is 26.5. The van der Waals surface area contributed by atoms with Crippen LogP contribution >= 0.6 is 0 Å². The summed E-state index contributed by atoms with van der Waals surface area (Å²) in [7, 11) is 0. The molecule has 0 aromatic carbocycles. The largest absolute Gasteiger partial charge is 0.372 e. The second kappa shape index (κ2) is 8.05. The zero-order valence-electron chi connectivity index (χ0n) is 14.7. The molecular weight excluding hydrogens is 304 g/mol. The zero-order valence-corrected chi connectivity index (χ0v) is 14.7. The van der Waals surface area contributed by atoms with E-state index >= 15 is 0 Å². The second-order valence-corrected chi connectivity index (χ2v) is 6.96. The van der Waals surface area contributed by atoms with Crippen LogP contribution in [0.3, 0.4) is 0 Å². The van der Waals surface area contributed by atoms with Crippen LogP contribution in [-0.4, -0.2) is 83.6 Å². The Morgan fingerprint density at radius 2 is 1.67 bits per heavy atom. The van der Waals surface area contributed by atoms with Gasteiger partial charge in [-0.05, 0) is 31.5 Å². The molecule has 2 unspecified atom stereocenters. The Morgan fingerprint density at radius 1 is 1.08 bits per heavy atom. The van der Waals surface area contributed by atoms with E-state index in [2.05, 4.69) is 26.9 Å². The molecule has 2 atom stereocenters. The molecule has 0 aliphatic carbocycles. The number of aromatic nitrogens is 1. The number of nitrogens with zero attached hydrogens (tertiary/aromatic N) is 4. The van der Waals surface area contributed by atoms with Crippen molar-refractivity contribution < 1.29 is 9.53 Å². The molecule has 6 heteroatoms. The third-order valence-electron chi connectivity index (χ3n) is 4.75. The maximum absolute atomic E-state index is 12.5. The van der Waals surface area contributed by atoms with Gasteiger partial charge in [-0.2, -0.15) is 0 Å². The van der Waals surface area contributed by atoms with Gasteiger partial charge in [0.15, 0.2) is 0 Å². The van der Waals surface area contributed by atoms with Gasteiger partial charge in [-0.3, -0.25) is 19.6 Å². The topological polar surface area (TPSA) is 48.9 Å². The quantitative estimate of drug-likeness (QED) is 0.818. The van der Waals surface area contributed by atoms with E-state index in [1.165, 1.54) is 5.56 Å². The summed E-state index contributed by atoms with van der Waals surface area (Å²) in [5, 5.41) is 0. The third kappa shape index (κ3) is 4.75. The van der Waals surface area contributed by atoms with Crippen molar-refractivity contribution >= 4 is 5.91 Å². The van der Waals surface area contributed by atoms with Crippen molar-refractivity contribution in [3.8, 4) is 0 Å². The molecule has 2 fully saturated rings. The monoisotopic (exact) mass is 332 g/mol. The molecule has 2 aliphatic rings. The lowest BCUT2D eigenvalue weighted by Gasteiger charge is -2.38. The molecular formula is C18H28N4O2. The van der Waals surface area contributed by atoms with E-state index in [0.29, 0.717) is 19.6 Å². The summed E-state index contributed by atoms with van der Waals surface area (Å²) in [5.74, 6) is 0.236. The summed E-state index contributed by atoms with van der Waals surface area (Å²) in [6.07, 6.45) is 3.95. The third-order valence-corrected chi connectivity index (χ3v) is 4.75. The minimum atomic E-state index is 0.134. The van der Waals surface area contributed by atoms with Crippen molar-refractivity contribution in [1.29, 1.82) is 0 Å². The van der Waals surface area contributed by atoms with Gasteiger partial charge in [0.25, 0.3) is 0 Å². The Labute approximate surface area is 144 Å². The summed E-state index contributed by atoms with van der Waals surface area (Å²) in [4.78, 5) is 23.3. The lowest BCUT2D eigenvalue weighted by molar-refractivity contribution is -0.144. The standard InChI is InChI=1S/C18H28N4O2/c1-15-11-22(12-16(2)24-15)18(23)14-21-9-7-20(8-10-21)13-17-3-5-19-6-4-17/h3-6,15-16H,7-14H2,1-2H3. The average molecular weight is 332 g/mol. The Hall–Kier alpha value is -1.50. The van der Waals surface area contributed by atoms with Crippen LogP contribution in [0.25, 0.3) is 0 Å². The van der Waals surface area contributed by atoms with E-state index in [-0.39, 0.29) is 18.1 Å². The van der Waals surface area contributed by atoms with E-state index in [0.717, 1.165) is 32.7 Å². The van der Waals surface area contributed by atoms with Gasteiger partial charge in [0, 0.05) is 58.2 Å². The number of carbonyl (C=O) groups excluding carboxylic acids is 1. The SMILES string of the molecule is CC1CN(C(=O)CN2CCN(Cc3ccncc3)CC2)CC(C)O1. The molecule has 0 radical (unpaired) electrons. The Morgan fingerprint density at radius 3 is 2.29 bits per heavy atom. The first-order chi connectivity index (χ1) is 11.6. The van der Waals surface area contributed by atoms with Crippen LogP contribution in [0.4, 0.5) is 0 Å². The predicted octanol–water partition coefficient (Wildman–Crippen LogP) is 0.835. The molecule has 0 spiro atoms. The summed E-state index contributed by atoms with van der Waals surface area (Å²) in [6.45, 7) is 10.9. The Bertz CT molecular complexity index is 521. The van der Waals surface area contributed by atoms with E-state index in [1.54, 1.807) is 0 Å². The van der Waals surface area contributed by atoms with Crippen LogP contribution in [0.5, 0.6) is 0 Å². The number of pyridine rings is 1. The highest BCUT2D eigenvalue weighted by Gasteiger charge is 2.27. The molecule has 1 aromatic heterocycles. The first-order valence-electron chi connectivity index (χ1n) is 8.87. The van der Waals surface area contributed by atoms with Crippen LogP contribution < -0.4 is 0 Å². The summed E-state index contributed by atoms with van der Waals surface area (Å²) >= 11 is 0. The zero-order chi connectivity index (χ0) is 16.9. The van der Waals surface area contributed by atoms with Gasteiger partial charge >= 0.3 is 0 Å². The number of amides is 1. The number of hydrogen-bond acceptors (Lipinski definition) is 5. The van der Waals surface area contributed by atoms with Crippen molar-refractivity contribution in [2.24, 2.45) is 0 Å². The lowest BCUT2D eigenvalue weighted by atomic mass is 10.2. The van der Waals surface area contributed by atoms with Crippen LogP contribution in [0.1, 0.15) is 19.4 Å². The first-order valence-corrected chi connectivity index (χ1v) is 8.87. The molecule has 0 N–H and O–H groups in total. The lowest BCUT2D eigenvalue weighted by Crippen LogP contribution is -2.53. The average Bonchev–Trinajstić information content (AvgIpc) is 2.57. The molecule has 1 aromatic rings. The van der Waals surface area contributed by atoms with Crippen LogP contribution in [0.2, 0.25) is 0 Å². The highest BCUT2D eigenvalue weighted by molar-refractivity contribution is 5.78. The maximum atomic E-state index is 12.5. The fourth-order valence-electron chi connectivity index (χ4n) is 3.52. The summed E-state index contributed by atoms with van der Waals surface area (Å²) in [5.41, 5.74) is 1.30. The van der Waals surface area contributed by atoms with E-state index in [4.69, 9.17) is 4.74 Å². The van der Waals surface area contributed by atoms with Gasteiger partial charge in [-0.15, -0.1) is 0 Å². The number of rotatable bonds is 4. The number of piperazine rings is 1. The van der Waals surface area contributed by atoms with Gasteiger partial charge in [0.1, 0.15) is 0 Å². The fourth-order valence-corrected chi connectivity index (χ4v) is 3.52. The van der Waals surface area contributed by atoms with Gasteiger partial charge in [0.2, 0.25) is 5.91 Å². The van der Waals surface area contributed by atoms with Gasteiger partial charge < -0.3 is 9.64 Å². The highest BCUT2D eigenvalue weighted by atomic mass is 16.5. The van der Waals surface area contributed by atoms with Gasteiger partial charge in [-0.1, -0.05) is 0 Å². The van der Waals surface area contributed by atoms with Crippen LogP contribution in [0.15, 0.2) is 24.5 Å². The van der Waals surface area contributed by atoms with Gasteiger partial charge in [-0.25, -0.2) is 0 Å². The summed E-state index contributed by atoms with van der Waals surface area (Å²) in [6, 6.07) is 4.13. The maximum Gasteiger partial charge on any atom is 0.236 e. The van der Waals surface area contributed by atoms with Crippen molar-refractivity contribution in [1.82, 2.24) is 19.7 Å². The molecule has 6 nitrogen and oxygen atoms in total. The molecule has 0 saturated carbocycles. The molecule has 2 aliphatic heterocycles. The second-order valence-electron chi connectivity index (χ2n) is 6.96. The number of carbonyl (C=O) groups is 1. The smallest absolute Gasteiger partial charge is 0.236 e. The summed E-state index contributed by atoms with van der Waals surface area (Å²) < 4.78 is 5.71. The molecule has 2 saturated heterocycles. The minimum absolute atomic E-state index is 0.134. The van der Waals surface area contributed by atoms with Crippen molar-refractivity contribution in [2.45, 2.75) is 32.6 Å². The molecule has 0 bridgehead atoms. The predicted molar refractivity (Wildman–Crippen MR) is 92.5 cm³/mol. The molecule has 132 valence electrons. The number of morpholine rings is 1. The minimum Gasteiger partial charge on any atom is -0.372 e.